The highest BCUT2D eigenvalue weighted by Crippen LogP contribution is 2.22. The molecule has 0 unspecified atom stereocenters. The van der Waals surface area contributed by atoms with E-state index >= 15 is 0 Å². The van der Waals surface area contributed by atoms with E-state index < -0.39 is 0 Å². The zero-order valence-electron chi connectivity index (χ0n) is 10.4. The van der Waals surface area contributed by atoms with Crippen LogP contribution in [-0.4, -0.2) is 12.4 Å². The van der Waals surface area contributed by atoms with E-state index in [0.717, 1.165) is 17.2 Å². The van der Waals surface area contributed by atoms with E-state index in [1.165, 1.54) is 10.5 Å². The topological polar surface area (TPSA) is 35.2 Å². The van der Waals surface area contributed by atoms with Crippen LogP contribution in [0.3, 0.4) is 0 Å². The smallest absolute Gasteiger partial charge is 0.121 e. The maximum atomic E-state index is 5.69. The zero-order valence-corrected chi connectivity index (χ0v) is 11.2. The molecule has 0 aromatic heterocycles. The van der Waals surface area contributed by atoms with Crippen LogP contribution >= 0.6 is 11.8 Å². The number of nitrogens with two attached hydrogens (primary N) is 1. The number of hydrogen-bond acceptors (Lipinski definition) is 3. The van der Waals surface area contributed by atoms with Crippen molar-refractivity contribution in [2.24, 2.45) is 0 Å². The molecule has 2 nitrogen and oxygen atoms in total. The molecule has 0 saturated carbocycles. The van der Waals surface area contributed by atoms with Crippen molar-refractivity contribution in [2.45, 2.75) is 11.8 Å². The largest absolute Gasteiger partial charge is 0.493 e. The minimum Gasteiger partial charge on any atom is -0.493 e. The van der Waals surface area contributed by atoms with Gasteiger partial charge in [0.25, 0.3) is 0 Å². The predicted molar refractivity (Wildman–Crippen MR) is 78.3 cm³/mol. The van der Waals surface area contributed by atoms with Gasteiger partial charge in [0.05, 0.1) is 6.61 Å². The normalized spacial score (nSPS) is 10.3. The second-order valence-corrected chi connectivity index (χ2v) is 5.17. The van der Waals surface area contributed by atoms with E-state index in [9.17, 15) is 0 Å². The van der Waals surface area contributed by atoms with Gasteiger partial charge < -0.3 is 10.5 Å². The van der Waals surface area contributed by atoms with Gasteiger partial charge in [-0.3, -0.25) is 0 Å². The zero-order chi connectivity index (χ0) is 12.8. The van der Waals surface area contributed by atoms with Crippen molar-refractivity contribution in [3.05, 3.63) is 54.1 Å². The van der Waals surface area contributed by atoms with E-state index in [4.69, 9.17) is 10.5 Å². The van der Waals surface area contributed by atoms with Crippen LogP contribution in [-0.2, 0) is 0 Å². The monoisotopic (exact) mass is 259 g/mol. The fraction of sp³-hybridized carbons (Fsp3) is 0.200. The Morgan fingerprint density at radius 2 is 1.94 bits per heavy atom. The third-order valence-corrected chi connectivity index (χ3v) is 3.70. The molecule has 0 heterocycles. The van der Waals surface area contributed by atoms with Gasteiger partial charge >= 0.3 is 0 Å². The van der Waals surface area contributed by atoms with Gasteiger partial charge in [0.1, 0.15) is 5.75 Å². The highest BCUT2D eigenvalue weighted by atomic mass is 32.2. The first-order valence-corrected chi connectivity index (χ1v) is 6.91. The highest BCUT2D eigenvalue weighted by Gasteiger charge is 1.98. The third kappa shape index (κ3) is 3.70. The molecule has 0 spiro atoms. The van der Waals surface area contributed by atoms with E-state index in [2.05, 4.69) is 31.2 Å². The predicted octanol–water partition coefficient (Wildman–Crippen LogP) is 3.75. The van der Waals surface area contributed by atoms with Gasteiger partial charge in [-0.05, 0) is 30.7 Å². The fourth-order valence-electron chi connectivity index (χ4n) is 1.63. The van der Waals surface area contributed by atoms with E-state index in [1.807, 2.05) is 36.0 Å². The van der Waals surface area contributed by atoms with Crippen molar-refractivity contribution in [1.29, 1.82) is 0 Å². The summed E-state index contributed by atoms with van der Waals surface area (Å²) in [6, 6.07) is 15.9. The molecule has 2 N–H and O–H groups in total. The number of nitrogen functional groups attached to an aromatic ring is 1. The SMILES string of the molecule is Cc1ccccc1SCCOc1cccc(N)c1. The molecule has 18 heavy (non-hydrogen) atoms. The summed E-state index contributed by atoms with van der Waals surface area (Å²) in [5.74, 6) is 1.76. The lowest BCUT2D eigenvalue weighted by Crippen LogP contribution is -2.00. The van der Waals surface area contributed by atoms with E-state index in [1.54, 1.807) is 0 Å². The maximum Gasteiger partial charge on any atom is 0.121 e. The van der Waals surface area contributed by atoms with Crippen molar-refractivity contribution < 1.29 is 4.74 Å². The van der Waals surface area contributed by atoms with Crippen molar-refractivity contribution in [1.82, 2.24) is 0 Å². The first kappa shape index (κ1) is 12.8. The molecule has 0 aliphatic rings. The first-order valence-electron chi connectivity index (χ1n) is 5.92. The van der Waals surface area contributed by atoms with Gasteiger partial charge in [-0.2, -0.15) is 0 Å². The molecule has 2 aromatic carbocycles. The Morgan fingerprint density at radius 1 is 1.11 bits per heavy atom. The van der Waals surface area contributed by atoms with Crippen LogP contribution in [0.15, 0.2) is 53.4 Å². The van der Waals surface area contributed by atoms with E-state index in [0.29, 0.717) is 6.61 Å². The van der Waals surface area contributed by atoms with Gasteiger partial charge in [-0.25, -0.2) is 0 Å². The van der Waals surface area contributed by atoms with Gasteiger partial charge in [0.15, 0.2) is 0 Å². The summed E-state index contributed by atoms with van der Waals surface area (Å²) in [6.45, 7) is 2.81. The number of aryl methyl sites for hydroxylation is 1. The summed E-state index contributed by atoms with van der Waals surface area (Å²) in [4.78, 5) is 1.31. The lowest BCUT2D eigenvalue weighted by Gasteiger charge is -2.07. The Kier molecular flexibility index (Phi) is 4.53. The fourth-order valence-corrected chi connectivity index (χ4v) is 2.49. The quantitative estimate of drug-likeness (QED) is 0.504. The van der Waals surface area contributed by atoms with Crippen molar-refractivity contribution >= 4 is 17.4 Å². The Labute approximate surface area is 112 Å². The Bertz CT molecular complexity index is 513. The second kappa shape index (κ2) is 6.36. The van der Waals surface area contributed by atoms with Crippen molar-refractivity contribution in [3.8, 4) is 5.75 Å². The summed E-state index contributed by atoms with van der Waals surface area (Å²) in [6.07, 6.45) is 0. The summed E-state index contributed by atoms with van der Waals surface area (Å²) < 4.78 is 5.65. The third-order valence-electron chi connectivity index (χ3n) is 2.56. The summed E-state index contributed by atoms with van der Waals surface area (Å²) >= 11 is 1.81. The molecule has 3 heteroatoms. The van der Waals surface area contributed by atoms with Crippen LogP contribution in [0.2, 0.25) is 0 Å². The lowest BCUT2D eigenvalue weighted by atomic mass is 10.2. The molecule has 0 atom stereocenters. The number of thioether (sulfide) groups is 1. The molecule has 0 amide bonds. The number of rotatable bonds is 5. The van der Waals surface area contributed by atoms with Crippen LogP contribution in [0.5, 0.6) is 5.75 Å². The van der Waals surface area contributed by atoms with Crippen LogP contribution in [0, 0.1) is 6.92 Å². The molecule has 2 aromatic rings. The first-order chi connectivity index (χ1) is 8.75. The van der Waals surface area contributed by atoms with Crippen LogP contribution in [0.4, 0.5) is 5.69 Å². The molecular weight excluding hydrogens is 242 g/mol. The molecule has 0 aliphatic heterocycles. The van der Waals surface area contributed by atoms with Crippen LogP contribution in [0.1, 0.15) is 5.56 Å². The average Bonchev–Trinajstić information content (AvgIpc) is 2.37. The summed E-state index contributed by atoms with van der Waals surface area (Å²) in [5, 5.41) is 0. The standard InChI is InChI=1S/C15H17NOS/c1-12-5-2-3-8-15(12)18-10-9-17-14-7-4-6-13(16)11-14/h2-8,11H,9-10,16H2,1H3. The second-order valence-electron chi connectivity index (χ2n) is 4.03. The minimum absolute atomic E-state index is 0.683. The van der Waals surface area contributed by atoms with E-state index in [-0.39, 0.29) is 0 Å². The highest BCUT2D eigenvalue weighted by molar-refractivity contribution is 7.99. The molecule has 2 rings (SSSR count). The number of anilines is 1. The lowest BCUT2D eigenvalue weighted by molar-refractivity contribution is 0.344. The minimum atomic E-state index is 0.683. The molecule has 0 fully saturated rings. The van der Waals surface area contributed by atoms with Gasteiger partial charge in [0.2, 0.25) is 0 Å². The number of ether oxygens (including phenoxy) is 1. The van der Waals surface area contributed by atoms with Gasteiger partial charge in [-0.1, -0.05) is 24.3 Å². The Morgan fingerprint density at radius 3 is 2.72 bits per heavy atom. The molecule has 94 valence electrons. The number of benzene rings is 2. The Balaban J connectivity index is 1.78. The molecule has 0 bridgehead atoms. The summed E-state index contributed by atoms with van der Waals surface area (Å²) in [7, 11) is 0. The maximum absolute atomic E-state index is 5.69. The Hall–Kier alpha value is -1.61. The average molecular weight is 259 g/mol. The van der Waals surface area contributed by atoms with Crippen molar-refractivity contribution in [2.75, 3.05) is 18.1 Å². The summed E-state index contributed by atoms with van der Waals surface area (Å²) in [5.41, 5.74) is 7.74. The molecule has 0 aliphatic carbocycles. The molecule has 0 radical (unpaired) electrons. The van der Waals surface area contributed by atoms with Gasteiger partial charge in [0, 0.05) is 22.4 Å². The number of hydrogen-bond donors (Lipinski definition) is 1. The van der Waals surface area contributed by atoms with Gasteiger partial charge in [-0.15, -0.1) is 11.8 Å². The molecular formula is C15H17NOS. The van der Waals surface area contributed by atoms with Crippen LogP contribution < -0.4 is 10.5 Å². The van der Waals surface area contributed by atoms with Crippen molar-refractivity contribution in [3.63, 3.8) is 0 Å². The van der Waals surface area contributed by atoms with Crippen LogP contribution in [0.25, 0.3) is 0 Å². The molecule has 0 saturated heterocycles.